The molecule has 0 fully saturated rings. The van der Waals surface area contributed by atoms with Crippen molar-refractivity contribution in [2.45, 2.75) is 0 Å². The largest absolute Gasteiger partial charge is 0.368 e. The average Bonchev–Trinajstić information content (AvgIpc) is 3.55. The van der Waals surface area contributed by atoms with Crippen LogP contribution in [0, 0.1) is 0 Å². The van der Waals surface area contributed by atoms with Crippen LogP contribution in [0.1, 0.15) is 0 Å². The van der Waals surface area contributed by atoms with E-state index in [4.69, 9.17) is 0 Å². The molecule has 0 saturated heterocycles. The van der Waals surface area contributed by atoms with Crippen molar-refractivity contribution in [3.63, 3.8) is 0 Å². The Labute approximate surface area is 142 Å². The van der Waals surface area contributed by atoms with Crippen LogP contribution in [0.2, 0.25) is 0 Å². The lowest BCUT2D eigenvalue weighted by Gasteiger charge is -1.49. The number of imidazole rings is 1. The van der Waals surface area contributed by atoms with Crippen molar-refractivity contribution in [3.8, 4) is 0 Å². The summed E-state index contributed by atoms with van der Waals surface area (Å²) in [5.41, 5.74) is 0. The van der Waals surface area contributed by atoms with Gasteiger partial charge in [-0.2, -0.15) is 25.7 Å². The van der Waals surface area contributed by atoms with E-state index in [2.05, 4.69) is 61.2 Å². The van der Waals surface area contributed by atoms with Gasteiger partial charge in [0.05, 0.1) is 18.7 Å². The monoisotopic (exact) mass is 342 g/mol. The van der Waals surface area contributed by atoms with E-state index in [0.29, 0.717) is 0 Å². The number of rotatable bonds is 0. The van der Waals surface area contributed by atoms with Crippen LogP contribution in [0.3, 0.4) is 0 Å². The zero-order valence-corrected chi connectivity index (χ0v) is 13.1. The Kier molecular flexibility index (Phi) is 12.3. The second kappa shape index (κ2) is 16.3. The standard InChI is InChI=1S/C4H5N.2C3H4N2.C2H3N3.CH2N4/c1-2-4-5-3-1;1-2-5-3-4-1;3*1-2-4-5-3-1/h1-5H;2*1-3H,(H,4,5);1-2H,(H,3,4,5);1H,(H,2,3,4,5). The van der Waals surface area contributed by atoms with Gasteiger partial charge < -0.3 is 9.97 Å². The number of aromatic nitrogens is 12. The van der Waals surface area contributed by atoms with Crippen LogP contribution < -0.4 is 0 Å². The molecule has 0 bridgehead atoms. The summed E-state index contributed by atoms with van der Waals surface area (Å²) in [6, 6.07) is 5.72. The Hall–Kier alpha value is -4.09. The molecule has 5 rings (SSSR count). The number of hydrogen-bond donors (Lipinski definition) is 5. The van der Waals surface area contributed by atoms with E-state index >= 15 is 0 Å². The van der Waals surface area contributed by atoms with Gasteiger partial charge in [-0.1, -0.05) is 5.21 Å². The van der Waals surface area contributed by atoms with E-state index in [-0.39, 0.29) is 0 Å². The van der Waals surface area contributed by atoms with E-state index in [1.807, 2.05) is 30.6 Å². The summed E-state index contributed by atoms with van der Waals surface area (Å²) in [6.07, 6.45) is 16.8. The molecule has 5 aromatic heterocycles. The second-order valence-electron chi connectivity index (χ2n) is 3.63. The van der Waals surface area contributed by atoms with Crippen molar-refractivity contribution in [2.24, 2.45) is 0 Å². The normalized spacial score (nSPS) is 8.00. The van der Waals surface area contributed by atoms with Gasteiger partial charge in [-0.05, 0) is 18.2 Å². The van der Waals surface area contributed by atoms with Crippen LogP contribution in [0.5, 0.6) is 0 Å². The molecule has 25 heavy (non-hydrogen) atoms. The third-order valence-electron chi connectivity index (χ3n) is 1.91. The molecule has 0 unspecified atom stereocenters. The van der Waals surface area contributed by atoms with Crippen LogP contribution in [-0.4, -0.2) is 61.2 Å². The van der Waals surface area contributed by atoms with Crippen molar-refractivity contribution in [1.29, 1.82) is 0 Å². The van der Waals surface area contributed by atoms with Gasteiger partial charge >= 0.3 is 0 Å². The van der Waals surface area contributed by atoms with Gasteiger partial charge in [0.15, 0.2) is 6.33 Å². The minimum atomic E-state index is 1.33. The predicted octanol–water partition coefficient (Wildman–Crippen LogP) is 0.838. The highest BCUT2D eigenvalue weighted by Gasteiger charge is 1.59. The number of H-pyrrole nitrogens is 5. The van der Waals surface area contributed by atoms with Gasteiger partial charge in [0.1, 0.15) is 0 Å². The molecule has 130 valence electrons. The Morgan fingerprint density at radius 1 is 0.600 bits per heavy atom. The smallest absolute Gasteiger partial charge is 0.161 e. The summed E-state index contributed by atoms with van der Waals surface area (Å²) >= 11 is 0. The first-order valence-electron chi connectivity index (χ1n) is 6.90. The lowest BCUT2D eigenvalue weighted by molar-refractivity contribution is 0.881. The molecule has 0 atom stereocenters. The van der Waals surface area contributed by atoms with Gasteiger partial charge in [0.2, 0.25) is 0 Å². The van der Waals surface area contributed by atoms with Crippen LogP contribution in [0.15, 0.2) is 80.4 Å². The molecule has 0 amide bonds. The van der Waals surface area contributed by atoms with Crippen LogP contribution in [0.25, 0.3) is 0 Å². The minimum Gasteiger partial charge on any atom is -0.368 e. The molecule has 0 spiro atoms. The molecule has 5 N–H and O–H groups in total. The first-order valence-corrected chi connectivity index (χ1v) is 6.90. The minimum absolute atomic E-state index is 1.33. The number of nitrogens with zero attached hydrogens (tertiary/aromatic N) is 7. The predicted molar refractivity (Wildman–Crippen MR) is 88.5 cm³/mol. The summed E-state index contributed by atoms with van der Waals surface area (Å²) in [5, 5.41) is 27.7. The van der Waals surface area contributed by atoms with Crippen molar-refractivity contribution < 1.29 is 0 Å². The Balaban J connectivity index is 0.000000156. The highest BCUT2D eigenvalue weighted by Crippen LogP contribution is 1.72. The molecule has 0 aliphatic carbocycles. The fourth-order valence-electron chi connectivity index (χ4n) is 1.00. The zero-order valence-electron chi connectivity index (χ0n) is 13.1. The van der Waals surface area contributed by atoms with E-state index in [1.54, 1.807) is 43.5 Å². The Morgan fingerprint density at radius 2 is 1.44 bits per heavy atom. The first kappa shape index (κ1) is 19.0. The third kappa shape index (κ3) is 14.6. The molecular weight excluding hydrogens is 324 g/mol. The first-order chi connectivity index (χ1) is 12.5. The third-order valence-corrected chi connectivity index (χ3v) is 1.91. The molecule has 0 aromatic carbocycles. The number of nitrogens with one attached hydrogen (secondary N) is 5. The molecule has 0 aliphatic rings. The molecule has 0 radical (unpaired) electrons. The van der Waals surface area contributed by atoms with Gasteiger partial charge in [0, 0.05) is 37.2 Å². The van der Waals surface area contributed by atoms with Crippen molar-refractivity contribution in [3.05, 3.63) is 80.4 Å². The van der Waals surface area contributed by atoms with Crippen molar-refractivity contribution in [2.75, 3.05) is 0 Å². The number of hydrogen-bond acceptors (Lipinski definition) is 7. The van der Waals surface area contributed by atoms with Crippen LogP contribution >= 0.6 is 0 Å². The van der Waals surface area contributed by atoms with Gasteiger partial charge in [0.25, 0.3) is 0 Å². The molecule has 5 heterocycles. The van der Waals surface area contributed by atoms with Crippen molar-refractivity contribution >= 4 is 0 Å². The molecule has 12 nitrogen and oxygen atoms in total. The molecule has 12 heteroatoms. The molecule has 0 aliphatic heterocycles. The molecule has 0 saturated carbocycles. The van der Waals surface area contributed by atoms with E-state index < -0.39 is 0 Å². The van der Waals surface area contributed by atoms with Crippen molar-refractivity contribution in [1.82, 2.24) is 61.2 Å². The zero-order chi connectivity index (χ0) is 17.7. The Morgan fingerprint density at radius 3 is 1.64 bits per heavy atom. The van der Waals surface area contributed by atoms with E-state index in [0.717, 1.165) is 0 Å². The topological polar surface area (TPSA) is 169 Å². The van der Waals surface area contributed by atoms with Crippen LogP contribution in [0.4, 0.5) is 0 Å². The summed E-state index contributed by atoms with van der Waals surface area (Å²) in [6.45, 7) is 0. The fraction of sp³-hybridized carbons (Fsp3) is 0. The van der Waals surface area contributed by atoms with Crippen LogP contribution in [-0.2, 0) is 0 Å². The fourth-order valence-corrected chi connectivity index (χ4v) is 1.00. The molecular formula is C13H18N12. The highest BCUT2D eigenvalue weighted by atomic mass is 15.5. The second-order valence-corrected chi connectivity index (χ2v) is 3.63. The maximum absolute atomic E-state index is 3.67. The Bertz CT molecular complexity index is 460. The maximum Gasteiger partial charge on any atom is 0.161 e. The summed E-state index contributed by atoms with van der Waals surface area (Å²) in [7, 11) is 0. The number of tetrazole rings is 1. The van der Waals surface area contributed by atoms with E-state index in [1.165, 1.54) is 6.33 Å². The van der Waals surface area contributed by atoms with Gasteiger partial charge in [-0.25, -0.2) is 4.98 Å². The summed E-state index contributed by atoms with van der Waals surface area (Å²) < 4.78 is 0. The molecule has 5 aromatic rings. The maximum atomic E-state index is 3.67. The lowest BCUT2D eigenvalue weighted by atomic mass is 10.7. The number of aromatic amines is 5. The average molecular weight is 342 g/mol. The summed E-state index contributed by atoms with van der Waals surface area (Å²) in [4.78, 5) is 9.28. The quantitative estimate of drug-likeness (QED) is 0.277. The van der Waals surface area contributed by atoms with Gasteiger partial charge in [-0.3, -0.25) is 5.10 Å². The van der Waals surface area contributed by atoms with Gasteiger partial charge in [-0.15, -0.1) is 10.2 Å². The van der Waals surface area contributed by atoms with E-state index in [9.17, 15) is 0 Å². The SMILES string of the molecule is c1c[nH]cn1.c1cc[nH]c1.c1cn[nH]c1.c1cn[nH]n1.c1nn[nH]n1. The lowest BCUT2D eigenvalue weighted by Crippen LogP contribution is -1.64. The summed E-state index contributed by atoms with van der Waals surface area (Å²) in [5.74, 6) is 0. The highest BCUT2D eigenvalue weighted by molar-refractivity contribution is 4.84.